The standard InChI is InChI=1S/C22H19NO5S3/c24-30(25,22-9-5-15-29-22)21(20-8-4-14-28-20)16-23-31(26,27)19-12-10-18(11-13-19)17-6-2-1-3-7-17/h1-15,21,23H,16H2/t21-/m1/s1. The second-order valence-corrected chi connectivity index (χ2v) is 11.8. The number of sulfone groups is 1. The zero-order valence-electron chi connectivity index (χ0n) is 16.2. The van der Waals surface area contributed by atoms with Crippen molar-refractivity contribution >= 4 is 31.2 Å². The lowest BCUT2D eigenvalue weighted by atomic mass is 10.1. The van der Waals surface area contributed by atoms with Crippen LogP contribution in [0.3, 0.4) is 0 Å². The van der Waals surface area contributed by atoms with Crippen LogP contribution in [0.25, 0.3) is 11.1 Å². The van der Waals surface area contributed by atoms with Crippen LogP contribution in [0.5, 0.6) is 0 Å². The molecule has 0 bridgehead atoms. The Morgan fingerprint density at radius 1 is 0.806 bits per heavy atom. The van der Waals surface area contributed by atoms with Crippen molar-refractivity contribution in [2.75, 3.05) is 6.54 Å². The number of sulfonamides is 1. The maximum absolute atomic E-state index is 13.1. The van der Waals surface area contributed by atoms with Crippen LogP contribution in [0.1, 0.15) is 11.0 Å². The second kappa shape index (κ2) is 8.80. The Hall–Kier alpha value is -2.72. The van der Waals surface area contributed by atoms with Gasteiger partial charge in [0.15, 0.2) is 9.84 Å². The van der Waals surface area contributed by atoms with E-state index >= 15 is 0 Å². The van der Waals surface area contributed by atoms with Gasteiger partial charge in [0.25, 0.3) is 0 Å². The lowest BCUT2D eigenvalue weighted by Crippen LogP contribution is -2.31. The number of hydrogen-bond donors (Lipinski definition) is 1. The van der Waals surface area contributed by atoms with Crippen LogP contribution in [0.2, 0.25) is 0 Å². The van der Waals surface area contributed by atoms with Crippen LogP contribution in [0.4, 0.5) is 0 Å². The van der Waals surface area contributed by atoms with Crippen LogP contribution in [-0.2, 0) is 19.9 Å². The number of hydrogen-bond acceptors (Lipinski definition) is 6. The Labute approximate surface area is 185 Å². The molecule has 9 heteroatoms. The van der Waals surface area contributed by atoms with Gasteiger partial charge in [-0.1, -0.05) is 48.5 Å². The molecule has 6 nitrogen and oxygen atoms in total. The van der Waals surface area contributed by atoms with Crippen molar-refractivity contribution in [2.45, 2.75) is 14.4 Å². The van der Waals surface area contributed by atoms with Crippen LogP contribution in [-0.4, -0.2) is 23.4 Å². The van der Waals surface area contributed by atoms with Gasteiger partial charge in [0.05, 0.1) is 11.2 Å². The van der Waals surface area contributed by atoms with Gasteiger partial charge in [-0.05, 0) is 46.8 Å². The van der Waals surface area contributed by atoms with Crippen molar-refractivity contribution in [3.63, 3.8) is 0 Å². The van der Waals surface area contributed by atoms with Crippen LogP contribution >= 0.6 is 11.3 Å². The molecule has 0 amide bonds. The monoisotopic (exact) mass is 473 g/mol. The van der Waals surface area contributed by atoms with Crippen molar-refractivity contribution in [1.29, 1.82) is 0 Å². The first-order chi connectivity index (χ1) is 14.9. The lowest BCUT2D eigenvalue weighted by molar-refractivity contribution is 0.487. The van der Waals surface area contributed by atoms with Gasteiger partial charge in [-0.3, -0.25) is 0 Å². The van der Waals surface area contributed by atoms with E-state index in [-0.39, 0.29) is 21.4 Å². The van der Waals surface area contributed by atoms with Gasteiger partial charge < -0.3 is 4.42 Å². The van der Waals surface area contributed by atoms with Gasteiger partial charge in [0.2, 0.25) is 10.0 Å². The van der Waals surface area contributed by atoms with Crippen LogP contribution in [0, 0.1) is 0 Å². The van der Waals surface area contributed by atoms with Gasteiger partial charge in [0, 0.05) is 6.54 Å². The summed E-state index contributed by atoms with van der Waals surface area (Å²) in [5, 5.41) is 0.476. The molecular formula is C22H19NO5S3. The topological polar surface area (TPSA) is 93.4 Å². The molecule has 0 spiro atoms. The fourth-order valence-electron chi connectivity index (χ4n) is 3.13. The number of nitrogens with one attached hydrogen (secondary N) is 1. The summed E-state index contributed by atoms with van der Waals surface area (Å²) in [4.78, 5) is 0.0545. The van der Waals surface area contributed by atoms with E-state index in [4.69, 9.17) is 4.42 Å². The zero-order chi connectivity index (χ0) is 21.9. The Bertz CT molecular complexity index is 1330. The van der Waals surface area contributed by atoms with Crippen molar-refractivity contribution in [3.05, 3.63) is 96.3 Å². The summed E-state index contributed by atoms with van der Waals surface area (Å²) in [6.07, 6.45) is 1.36. The zero-order valence-corrected chi connectivity index (χ0v) is 18.7. The Balaban J connectivity index is 1.57. The fourth-order valence-corrected chi connectivity index (χ4v) is 7.07. The maximum Gasteiger partial charge on any atom is 0.240 e. The highest BCUT2D eigenvalue weighted by molar-refractivity contribution is 7.93. The molecule has 0 radical (unpaired) electrons. The molecule has 160 valence electrons. The summed E-state index contributed by atoms with van der Waals surface area (Å²) in [5.74, 6) is 0.176. The van der Waals surface area contributed by atoms with E-state index in [9.17, 15) is 16.8 Å². The summed E-state index contributed by atoms with van der Waals surface area (Å²) in [6, 6.07) is 22.3. The van der Waals surface area contributed by atoms with Crippen molar-refractivity contribution in [2.24, 2.45) is 0 Å². The lowest BCUT2D eigenvalue weighted by Gasteiger charge is -2.16. The highest BCUT2D eigenvalue weighted by Gasteiger charge is 2.33. The minimum atomic E-state index is -3.93. The van der Waals surface area contributed by atoms with E-state index in [0.717, 1.165) is 22.5 Å². The van der Waals surface area contributed by atoms with Crippen molar-refractivity contribution < 1.29 is 21.3 Å². The molecule has 0 saturated carbocycles. The van der Waals surface area contributed by atoms with Crippen molar-refractivity contribution in [1.82, 2.24) is 4.72 Å². The molecule has 0 aliphatic heterocycles. The molecule has 2 heterocycles. The predicted molar refractivity (Wildman–Crippen MR) is 120 cm³/mol. The number of benzene rings is 2. The third kappa shape index (κ3) is 4.64. The summed E-state index contributed by atoms with van der Waals surface area (Å²) in [6.45, 7) is -0.351. The molecule has 0 aliphatic carbocycles. The minimum absolute atomic E-state index is 0.0545. The quantitative estimate of drug-likeness (QED) is 0.407. The SMILES string of the molecule is O=S(=O)(NC[C@H](c1ccco1)S(=O)(=O)c1cccs1)c1ccc(-c2ccccc2)cc1. The van der Waals surface area contributed by atoms with Gasteiger partial charge in [-0.2, -0.15) is 0 Å². The fraction of sp³-hybridized carbons (Fsp3) is 0.0909. The molecule has 2 aromatic carbocycles. The van der Waals surface area contributed by atoms with Crippen LogP contribution in [0.15, 0.2) is 104 Å². The molecule has 0 fully saturated rings. The number of rotatable bonds is 8. The van der Waals surface area contributed by atoms with E-state index in [2.05, 4.69) is 4.72 Å². The summed E-state index contributed by atoms with van der Waals surface area (Å²) in [5.41, 5.74) is 1.85. The first-order valence-electron chi connectivity index (χ1n) is 9.34. The third-order valence-electron chi connectivity index (χ3n) is 4.74. The Morgan fingerprint density at radius 2 is 1.52 bits per heavy atom. The molecule has 0 saturated heterocycles. The summed E-state index contributed by atoms with van der Waals surface area (Å²) >= 11 is 1.08. The van der Waals surface area contributed by atoms with E-state index in [1.54, 1.807) is 29.6 Å². The average molecular weight is 474 g/mol. The van der Waals surface area contributed by atoms with Crippen molar-refractivity contribution in [3.8, 4) is 11.1 Å². The molecule has 0 unspecified atom stereocenters. The normalized spacial score (nSPS) is 13.2. The van der Waals surface area contributed by atoms with Gasteiger partial charge in [-0.15, -0.1) is 11.3 Å². The van der Waals surface area contributed by atoms with Gasteiger partial charge >= 0.3 is 0 Å². The smallest absolute Gasteiger partial charge is 0.240 e. The number of thiophene rings is 1. The first kappa shape index (κ1) is 21.5. The molecule has 1 N–H and O–H groups in total. The molecule has 4 rings (SSSR count). The maximum atomic E-state index is 13.1. The summed E-state index contributed by atoms with van der Waals surface area (Å²) in [7, 11) is -7.76. The second-order valence-electron chi connectivity index (χ2n) is 6.72. The molecule has 31 heavy (non-hydrogen) atoms. The van der Waals surface area contributed by atoms with Crippen LogP contribution < -0.4 is 4.72 Å². The summed E-state index contributed by atoms with van der Waals surface area (Å²) < 4.78 is 59.7. The van der Waals surface area contributed by atoms with E-state index in [1.807, 2.05) is 30.3 Å². The Morgan fingerprint density at radius 3 is 2.13 bits per heavy atom. The largest absolute Gasteiger partial charge is 0.468 e. The molecule has 4 aromatic rings. The number of furan rings is 1. The van der Waals surface area contributed by atoms with Gasteiger partial charge in [0.1, 0.15) is 15.2 Å². The highest BCUT2D eigenvalue weighted by atomic mass is 32.2. The highest BCUT2D eigenvalue weighted by Crippen LogP contribution is 2.32. The molecule has 2 aromatic heterocycles. The minimum Gasteiger partial charge on any atom is -0.468 e. The molecule has 0 aliphatic rings. The third-order valence-corrected chi connectivity index (χ3v) is 9.67. The van der Waals surface area contributed by atoms with Gasteiger partial charge in [-0.25, -0.2) is 21.6 Å². The first-order valence-corrected chi connectivity index (χ1v) is 13.2. The molecular weight excluding hydrogens is 454 g/mol. The van der Waals surface area contributed by atoms with E-state index in [1.165, 1.54) is 30.5 Å². The van der Waals surface area contributed by atoms with E-state index in [0.29, 0.717) is 0 Å². The Kier molecular flexibility index (Phi) is 6.10. The van der Waals surface area contributed by atoms with E-state index < -0.39 is 25.1 Å². The predicted octanol–water partition coefficient (Wildman–Crippen LogP) is 4.50. The average Bonchev–Trinajstić information content (AvgIpc) is 3.49. The molecule has 1 atom stereocenters.